The Hall–Kier alpha value is -2.41. The van der Waals surface area contributed by atoms with E-state index in [9.17, 15) is 10.1 Å². The Morgan fingerprint density at radius 2 is 2.04 bits per heavy atom. The molecule has 0 bridgehead atoms. The highest BCUT2D eigenvalue weighted by Gasteiger charge is 2.23. The molecule has 0 aliphatic rings. The number of benzene rings is 1. The minimum Gasteiger partial charge on any atom is -0.485 e. The molecule has 1 aromatic heterocycles. The molecule has 0 radical (unpaired) electrons. The highest BCUT2D eigenvalue weighted by molar-refractivity contribution is 5.70. The lowest BCUT2D eigenvalue weighted by atomic mass is 9.87. The van der Waals surface area contributed by atoms with Gasteiger partial charge in [-0.3, -0.25) is 15.2 Å². The van der Waals surface area contributed by atoms with Crippen LogP contribution in [0.25, 0.3) is 11.1 Å². The molecule has 0 fully saturated rings. The van der Waals surface area contributed by atoms with Crippen LogP contribution < -0.4 is 4.74 Å². The summed E-state index contributed by atoms with van der Waals surface area (Å²) in [7, 11) is 3.85. The molecule has 7 nitrogen and oxygen atoms in total. The minimum atomic E-state index is -0.422. The van der Waals surface area contributed by atoms with Crippen molar-refractivity contribution in [3.05, 3.63) is 40.2 Å². The van der Waals surface area contributed by atoms with Crippen LogP contribution in [0, 0.1) is 10.1 Å². The Bertz CT molecular complexity index is 717. The van der Waals surface area contributed by atoms with Crippen molar-refractivity contribution in [2.45, 2.75) is 26.2 Å². The first-order chi connectivity index (χ1) is 11.2. The summed E-state index contributed by atoms with van der Waals surface area (Å²) in [5, 5.41) is 18.5. The van der Waals surface area contributed by atoms with E-state index < -0.39 is 4.92 Å². The van der Waals surface area contributed by atoms with E-state index in [4.69, 9.17) is 4.74 Å². The largest absolute Gasteiger partial charge is 0.485 e. The maximum absolute atomic E-state index is 11.2. The molecule has 0 saturated heterocycles. The Labute approximate surface area is 141 Å². The Balaban J connectivity index is 2.39. The number of nitrogens with one attached hydrogen (secondary N) is 1. The van der Waals surface area contributed by atoms with Crippen molar-refractivity contribution in [1.82, 2.24) is 15.1 Å². The average molecular weight is 332 g/mol. The third-order valence-corrected chi connectivity index (χ3v) is 3.61. The lowest BCUT2D eigenvalue weighted by molar-refractivity contribution is -0.385. The van der Waals surface area contributed by atoms with Crippen LogP contribution in [0.3, 0.4) is 0 Å². The summed E-state index contributed by atoms with van der Waals surface area (Å²) in [6, 6.07) is 4.94. The second kappa shape index (κ2) is 7.00. The third-order valence-electron chi connectivity index (χ3n) is 3.61. The summed E-state index contributed by atoms with van der Waals surface area (Å²) in [6.07, 6.45) is 1.81. The second-order valence-electron chi connectivity index (χ2n) is 6.99. The first kappa shape index (κ1) is 17.9. The molecule has 1 N–H and O–H groups in total. The maximum atomic E-state index is 11.2. The van der Waals surface area contributed by atoms with Crippen molar-refractivity contribution in [2.24, 2.45) is 0 Å². The van der Waals surface area contributed by atoms with Gasteiger partial charge in [0.2, 0.25) is 0 Å². The lowest BCUT2D eigenvalue weighted by Gasteiger charge is -2.18. The zero-order chi connectivity index (χ0) is 17.9. The first-order valence-electron chi connectivity index (χ1n) is 7.80. The van der Waals surface area contributed by atoms with Gasteiger partial charge < -0.3 is 9.64 Å². The van der Waals surface area contributed by atoms with Crippen molar-refractivity contribution in [1.29, 1.82) is 0 Å². The number of nitro groups is 1. The average Bonchev–Trinajstić information content (AvgIpc) is 2.96. The van der Waals surface area contributed by atoms with Gasteiger partial charge in [-0.25, -0.2) is 0 Å². The molecule has 0 saturated carbocycles. The Morgan fingerprint density at radius 3 is 2.62 bits per heavy atom. The van der Waals surface area contributed by atoms with E-state index in [-0.39, 0.29) is 16.9 Å². The Morgan fingerprint density at radius 1 is 1.33 bits per heavy atom. The van der Waals surface area contributed by atoms with Crippen molar-refractivity contribution >= 4 is 5.69 Å². The van der Waals surface area contributed by atoms with Crippen molar-refractivity contribution in [2.75, 3.05) is 27.2 Å². The molecule has 0 amide bonds. The van der Waals surface area contributed by atoms with E-state index in [0.717, 1.165) is 16.8 Å². The van der Waals surface area contributed by atoms with Gasteiger partial charge in [-0.15, -0.1) is 0 Å². The molecule has 2 rings (SSSR count). The predicted molar refractivity (Wildman–Crippen MR) is 93.4 cm³/mol. The van der Waals surface area contributed by atoms with E-state index in [0.29, 0.717) is 13.2 Å². The van der Waals surface area contributed by atoms with Crippen LogP contribution in [-0.4, -0.2) is 47.3 Å². The number of nitrogens with zero attached hydrogens (tertiary/aromatic N) is 3. The summed E-state index contributed by atoms with van der Waals surface area (Å²) < 4.78 is 5.66. The van der Waals surface area contributed by atoms with E-state index in [1.54, 1.807) is 12.1 Å². The predicted octanol–water partition coefficient (Wildman–Crippen LogP) is 3.22. The number of aromatic amines is 1. The number of aromatic nitrogens is 2. The molecule has 2 aromatic rings. The fourth-order valence-electron chi connectivity index (χ4n) is 2.37. The number of hydrogen-bond donors (Lipinski definition) is 1. The molecule has 7 heteroatoms. The van der Waals surface area contributed by atoms with E-state index >= 15 is 0 Å². The van der Waals surface area contributed by atoms with Crippen LogP contribution in [0.15, 0.2) is 24.4 Å². The molecular formula is C17H24N4O3. The molecule has 0 aliphatic heterocycles. The minimum absolute atomic E-state index is 0.0293. The quantitative estimate of drug-likeness (QED) is 0.648. The fraction of sp³-hybridized carbons (Fsp3) is 0.471. The number of rotatable bonds is 6. The number of nitro benzene ring substituents is 1. The fourth-order valence-corrected chi connectivity index (χ4v) is 2.37. The Kier molecular flexibility index (Phi) is 5.23. The summed E-state index contributed by atoms with van der Waals surface area (Å²) in [5.41, 5.74) is 2.52. The number of ether oxygens (including phenoxy) is 1. The highest BCUT2D eigenvalue weighted by atomic mass is 16.6. The van der Waals surface area contributed by atoms with E-state index in [1.165, 1.54) is 6.07 Å². The maximum Gasteiger partial charge on any atom is 0.310 e. The molecule has 0 aliphatic carbocycles. The van der Waals surface area contributed by atoms with Crippen molar-refractivity contribution in [3.63, 3.8) is 0 Å². The highest BCUT2D eigenvalue weighted by Crippen LogP contribution is 2.36. The van der Waals surface area contributed by atoms with Gasteiger partial charge in [0.25, 0.3) is 0 Å². The molecule has 24 heavy (non-hydrogen) atoms. The second-order valence-corrected chi connectivity index (χ2v) is 6.99. The number of hydrogen-bond acceptors (Lipinski definition) is 5. The molecule has 0 spiro atoms. The van der Waals surface area contributed by atoms with Crippen LogP contribution >= 0.6 is 0 Å². The molecular weight excluding hydrogens is 308 g/mol. The van der Waals surface area contributed by atoms with Crippen LogP contribution in [-0.2, 0) is 5.41 Å². The number of H-pyrrole nitrogens is 1. The SMILES string of the molecule is CN(C)CCOc1cc(-c2c[nH]nc2C(C)(C)C)ccc1[N+](=O)[O-]. The van der Waals surface area contributed by atoms with Gasteiger partial charge in [0.1, 0.15) is 6.61 Å². The summed E-state index contributed by atoms with van der Waals surface area (Å²) in [5.74, 6) is 0.278. The topological polar surface area (TPSA) is 84.3 Å². The van der Waals surface area contributed by atoms with Gasteiger partial charge >= 0.3 is 5.69 Å². The zero-order valence-electron chi connectivity index (χ0n) is 14.8. The van der Waals surface area contributed by atoms with Crippen molar-refractivity contribution in [3.8, 4) is 16.9 Å². The van der Waals surface area contributed by atoms with E-state index in [1.807, 2.05) is 25.2 Å². The standard InChI is InChI=1S/C17H24N4O3/c1-17(2,3)16-13(11-18-19-16)12-6-7-14(21(22)23)15(10-12)24-9-8-20(4)5/h6-7,10-11H,8-9H2,1-5H3,(H,18,19). The summed E-state index contributed by atoms with van der Waals surface area (Å²) >= 11 is 0. The lowest BCUT2D eigenvalue weighted by Crippen LogP contribution is -2.19. The molecule has 1 aromatic carbocycles. The van der Waals surface area contributed by atoms with Gasteiger partial charge in [-0.2, -0.15) is 5.10 Å². The van der Waals surface area contributed by atoms with Gasteiger partial charge in [-0.1, -0.05) is 20.8 Å². The summed E-state index contributed by atoms with van der Waals surface area (Å²) in [6.45, 7) is 7.29. The third kappa shape index (κ3) is 4.11. The van der Waals surface area contributed by atoms with Crippen molar-refractivity contribution < 1.29 is 9.66 Å². The molecule has 0 unspecified atom stereocenters. The van der Waals surface area contributed by atoms with E-state index in [2.05, 4.69) is 31.0 Å². The zero-order valence-corrected chi connectivity index (χ0v) is 14.8. The van der Waals surface area contributed by atoms with Gasteiger partial charge in [-0.05, 0) is 31.8 Å². The van der Waals surface area contributed by atoms with Crippen LogP contribution in [0.1, 0.15) is 26.5 Å². The molecule has 0 atom stereocenters. The van der Waals surface area contributed by atoms with Crippen LogP contribution in [0.2, 0.25) is 0 Å². The monoisotopic (exact) mass is 332 g/mol. The first-order valence-corrected chi connectivity index (χ1v) is 7.80. The number of likely N-dealkylation sites (N-methyl/N-ethyl adjacent to an activating group) is 1. The summed E-state index contributed by atoms with van der Waals surface area (Å²) in [4.78, 5) is 12.8. The smallest absolute Gasteiger partial charge is 0.310 e. The van der Waals surface area contributed by atoms with Crippen LogP contribution in [0.4, 0.5) is 5.69 Å². The molecule has 1 heterocycles. The molecule has 130 valence electrons. The van der Waals surface area contributed by atoms with Gasteiger partial charge in [0, 0.05) is 29.8 Å². The van der Waals surface area contributed by atoms with Crippen LogP contribution in [0.5, 0.6) is 5.75 Å². The normalized spacial score (nSPS) is 11.8. The van der Waals surface area contributed by atoms with Gasteiger partial charge in [0.15, 0.2) is 5.75 Å². The van der Waals surface area contributed by atoms with Gasteiger partial charge in [0.05, 0.1) is 10.6 Å².